The molecule has 0 radical (unpaired) electrons. The van der Waals surface area contributed by atoms with Crippen LogP contribution in [0.5, 0.6) is 0 Å². The fourth-order valence-electron chi connectivity index (χ4n) is 1.84. The number of amides is 2. The zero-order valence-corrected chi connectivity index (χ0v) is 12.7. The number of hydrazine groups is 1. The fraction of sp³-hybridized carbons (Fsp3) is 0.467. The Hall–Kier alpha value is -2.24. The quantitative estimate of drug-likeness (QED) is 0.848. The van der Waals surface area contributed by atoms with E-state index in [9.17, 15) is 9.59 Å². The summed E-state index contributed by atoms with van der Waals surface area (Å²) in [5.74, 6) is 0. The Morgan fingerprint density at radius 2 is 1.76 bits per heavy atom. The predicted octanol–water partition coefficient (Wildman–Crippen LogP) is 2.74. The van der Waals surface area contributed by atoms with E-state index in [-0.39, 0.29) is 19.3 Å². The first-order chi connectivity index (χ1) is 10.1. The number of nitrogens with zero attached hydrogens (tertiary/aromatic N) is 1. The summed E-state index contributed by atoms with van der Waals surface area (Å²) in [5, 5.41) is 1.16. The van der Waals surface area contributed by atoms with Gasteiger partial charge in [0.1, 0.15) is 0 Å². The number of rotatable bonds is 5. The van der Waals surface area contributed by atoms with Crippen LogP contribution < -0.4 is 5.43 Å². The Labute approximate surface area is 125 Å². The van der Waals surface area contributed by atoms with E-state index >= 15 is 0 Å². The third-order valence-corrected chi connectivity index (χ3v) is 2.77. The Morgan fingerprint density at radius 3 is 2.33 bits per heavy atom. The molecule has 0 saturated heterocycles. The summed E-state index contributed by atoms with van der Waals surface area (Å²) in [7, 11) is 0. The van der Waals surface area contributed by atoms with Gasteiger partial charge in [0.25, 0.3) is 0 Å². The monoisotopic (exact) mass is 294 g/mol. The molecule has 0 aliphatic heterocycles. The maximum atomic E-state index is 11.9. The first-order valence-electron chi connectivity index (χ1n) is 7.01. The molecule has 0 heterocycles. The molecule has 0 aliphatic rings. The minimum Gasteiger partial charge on any atom is -0.449 e. The van der Waals surface area contributed by atoms with E-state index in [0.717, 1.165) is 10.6 Å². The van der Waals surface area contributed by atoms with Gasteiger partial charge in [0, 0.05) is 0 Å². The molecule has 6 nitrogen and oxygen atoms in total. The van der Waals surface area contributed by atoms with Crippen molar-refractivity contribution in [3.05, 3.63) is 35.9 Å². The lowest BCUT2D eigenvalue weighted by Crippen LogP contribution is -2.52. The summed E-state index contributed by atoms with van der Waals surface area (Å²) in [6.45, 7) is 5.70. The third kappa shape index (κ3) is 5.72. The maximum absolute atomic E-state index is 11.9. The number of hydrogen-bond acceptors (Lipinski definition) is 4. The molecular weight excluding hydrogens is 272 g/mol. The van der Waals surface area contributed by atoms with Crippen LogP contribution in [0.3, 0.4) is 0 Å². The first-order valence-corrected chi connectivity index (χ1v) is 7.01. The molecule has 0 aliphatic carbocycles. The summed E-state index contributed by atoms with van der Waals surface area (Å²) < 4.78 is 9.76. The Morgan fingerprint density at radius 1 is 1.14 bits per heavy atom. The van der Waals surface area contributed by atoms with Crippen LogP contribution in [0.15, 0.2) is 30.3 Å². The number of carbonyl (C=O) groups is 2. The van der Waals surface area contributed by atoms with E-state index in [4.69, 9.17) is 9.47 Å². The van der Waals surface area contributed by atoms with Crippen LogP contribution in [0.25, 0.3) is 0 Å². The average molecular weight is 294 g/mol. The Kier molecular flexibility index (Phi) is 7.08. The van der Waals surface area contributed by atoms with E-state index < -0.39 is 12.2 Å². The molecule has 1 aromatic rings. The fourth-order valence-corrected chi connectivity index (χ4v) is 1.84. The molecule has 0 saturated carbocycles. The number of benzene rings is 1. The second-order valence-corrected chi connectivity index (χ2v) is 4.44. The van der Waals surface area contributed by atoms with Gasteiger partial charge in [-0.05, 0) is 32.8 Å². The van der Waals surface area contributed by atoms with Gasteiger partial charge >= 0.3 is 12.2 Å². The van der Waals surface area contributed by atoms with Gasteiger partial charge in [0.15, 0.2) is 0 Å². The van der Waals surface area contributed by atoms with Crippen molar-refractivity contribution in [2.75, 3.05) is 13.2 Å². The zero-order valence-electron chi connectivity index (χ0n) is 12.7. The van der Waals surface area contributed by atoms with Crippen LogP contribution in [-0.4, -0.2) is 36.5 Å². The molecule has 21 heavy (non-hydrogen) atoms. The number of hydrogen-bond donors (Lipinski definition) is 1. The lowest BCUT2D eigenvalue weighted by Gasteiger charge is -2.28. The topological polar surface area (TPSA) is 67.9 Å². The second-order valence-electron chi connectivity index (χ2n) is 4.44. The van der Waals surface area contributed by atoms with Crippen LogP contribution >= 0.6 is 0 Å². The molecule has 1 N–H and O–H groups in total. The highest BCUT2D eigenvalue weighted by molar-refractivity contribution is 5.74. The van der Waals surface area contributed by atoms with Crippen LogP contribution in [-0.2, 0) is 15.9 Å². The number of nitrogens with one attached hydrogen (secondary N) is 1. The summed E-state index contributed by atoms with van der Waals surface area (Å²) >= 11 is 0. The van der Waals surface area contributed by atoms with Crippen molar-refractivity contribution in [3.63, 3.8) is 0 Å². The van der Waals surface area contributed by atoms with Crippen molar-refractivity contribution >= 4 is 12.2 Å². The molecule has 1 atom stereocenters. The van der Waals surface area contributed by atoms with E-state index in [1.807, 2.05) is 37.3 Å². The van der Waals surface area contributed by atoms with Gasteiger partial charge in [-0.15, -0.1) is 0 Å². The Balaban J connectivity index is 2.74. The van der Waals surface area contributed by atoms with E-state index in [1.165, 1.54) is 0 Å². The van der Waals surface area contributed by atoms with Crippen molar-refractivity contribution in [3.8, 4) is 0 Å². The SMILES string of the molecule is CCOC(=O)NN(C(=O)OCC)[C@@H](C)Cc1ccccc1. The van der Waals surface area contributed by atoms with E-state index in [0.29, 0.717) is 6.42 Å². The van der Waals surface area contributed by atoms with Crippen LogP contribution in [0.4, 0.5) is 9.59 Å². The molecule has 0 bridgehead atoms. The normalized spacial score (nSPS) is 11.4. The summed E-state index contributed by atoms with van der Waals surface area (Å²) in [5.41, 5.74) is 3.48. The Bertz CT molecular complexity index is 450. The summed E-state index contributed by atoms with van der Waals surface area (Å²) in [6.07, 6.45) is -0.689. The van der Waals surface area contributed by atoms with Gasteiger partial charge in [-0.1, -0.05) is 30.3 Å². The van der Waals surface area contributed by atoms with Crippen LogP contribution in [0.1, 0.15) is 26.3 Å². The standard InChI is InChI=1S/C15H22N2O4/c1-4-20-14(18)16-17(15(19)21-5-2)12(3)11-13-9-7-6-8-10-13/h6-10,12H,4-5,11H2,1-3H3,(H,16,18)/t12-/m0/s1. The van der Waals surface area contributed by atoms with Crippen molar-refractivity contribution in [2.24, 2.45) is 0 Å². The molecular formula is C15H22N2O4. The van der Waals surface area contributed by atoms with Gasteiger partial charge in [-0.2, -0.15) is 0 Å². The van der Waals surface area contributed by atoms with Gasteiger partial charge < -0.3 is 9.47 Å². The predicted molar refractivity (Wildman–Crippen MR) is 78.6 cm³/mol. The van der Waals surface area contributed by atoms with Crippen molar-refractivity contribution in [1.82, 2.24) is 10.4 Å². The zero-order chi connectivity index (χ0) is 15.7. The molecule has 0 aromatic heterocycles. The van der Waals surface area contributed by atoms with Crippen molar-refractivity contribution in [1.29, 1.82) is 0 Å². The maximum Gasteiger partial charge on any atom is 0.429 e. The number of carbonyl (C=O) groups excluding carboxylic acids is 2. The molecule has 1 aromatic carbocycles. The highest BCUT2D eigenvalue weighted by atomic mass is 16.6. The summed E-state index contributed by atoms with van der Waals surface area (Å²) in [6, 6.07) is 9.43. The first kappa shape index (κ1) is 16.8. The van der Waals surface area contributed by atoms with Gasteiger partial charge in [0.05, 0.1) is 19.3 Å². The van der Waals surface area contributed by atoms with Crippen LogP contribution in [0, 0.1) is 0 Å². The van der Waals surface area contributed by atoms with E-state index in [2.05, 4.69) is 5.43 Å². The van der Waals surface area contributed by atoms with Crippen molar-refractivity contribution in [2.45, 2.75) is 33.2 Å². The van der Waals surface area contributed by atoms with Gasteiger partial charge in [-0.25, -0.2) is 20.0 Å². The van der Waals surface area contributed by atoms with Crippen molar-refractivity contribution < 1.29 is 19.1 Å². The molecule has 6 heteroatoms. The molecule has 116 valence electrons. The largest absolute Gasteiger partial charge is 0.449 e. The number of ether oxygens (including phenoxy) is 2. The molecule has 1 rings (SSSR count). The highest BCUT2D eigenvalue weighted by Gasteiger charge is 2.24. The van der Waals surface area contributed by atoms with Gasteiger partial charge in [0.2, 0.25) is 0 Å². The molecule has 0 fully saturated rings. The minimum atomic E-state index is -0.675. The third-order valence-electron chi connectivity index (χ3n) is 2.77. The van der Waals surface area contributed by atoms with Crippen LogP contribution in [0.2, 0.25) is 0 Å². The smallest absolute Gasteiger partial charge is 0.429 e. The molecule has 0 spiro atoms. The van der Waals surface area contributed by atoms with Gasteiger partial charge in [-0.3, -0.25) is 0 Å². The lowest BCUT2D eigenvalue weighted by atomic mass is 10.1. The molecule has 0 unspecified atom stereocenters. The average Bonchev–Trinajstić information content (AvgIpc) is 2.46. The minimum absolute atomic E-state index is 0.232. The second kappa shape index (κ2) is 8.84. The van der Waals surface area contributed by atoms with E-state index in [1.54, 1.807) is 13.8 Å². The molecule has 2 amide bonds. The highest BCUT2D eigenvalue weighted by Crippen LogP contribution is 2.08. The summed E-state index contributed by atoms with van der Waals surface area (Å²) in [4.78, 5) is 23.5. The lowest BCUT2D eigenvalue weighted by molar-refractivity contribution is 0.0584.